The van der Waals surface area contributed by atoms with Gasteiger partial charge in [-0.2, -0.15) is 5.26 Å². The van der Waals surface area contributed by atoms with Crippen LogP contribution in [0.25, 0.3) is 10.9 Å². The van der Waals surface area contributed by atoms with Crippen LogP contribution in [0.4, 0.5) is 15.8 Å². The largest absolute Gasteiger partial charge is 0.383 e. The number of hydrogen-bond donors (Lipinski definition) is 2. The van der Waals surface area contributed by atoms with E-state index in [9.17, 15) is 11.0 Å². The Labute approximate surface area is 230 Å². The normalized spacial score (nSPS) is 14.8. The zero-order valence-corrected chi connectivity index (χ0v) is 21.5. The molecule has 1 saturated carbocycles. The molecule has 3 aromatic heterocycles. The van der Waals surface area contributed by atoms with Crippen molar-refractivity contribution in [2.75, 3.05) is 17.2 Å². The van der Waals surface area contributed by atoms with Gasteiger partial charge in [0.25, 0.3) is 0 Å². The molecule has 0 amide bonds. The summed E-state index contributed by atoms with van der Waals surface area (Å²) in [5, 5.41) is 26.0. The summed E-state index contributed by atoms with van der Waals surface area (Å²) >= 11 is 6.69. The number of pyridine rings is 2. The van der Waals surface area contributed by atoms with Gasteiger partial charge in [-0.1, -0.05) is 35.0 Å². The zero-order chi connectivity index (χ0) is 27.7. The van der Waals surface area contributed by atoms with Crippen LogP contribution in [-0.2, 0) is 6.42 Å². The van der Waals surface area contributed by atoms with E-state index in [4.69, 9.17) is 11.6 Å². The number of nitriles is 1. The molecule has 2 N–H and O–H groups in total. The molecule has 8 nitrogen and oxygen atoms in total. The number of nitrogens with one attached hydrogen (secondary N) is 2. The molecule has 1 aliphatic carbocycles. The highest BCUT2D eigenvalue weighted by molar-refractivity contribution is 6.35. The maximum Gasteiger partial charge on any atom is 0.123 e. The third-order valence-electron chi connectivity index (χ3n) is 6.54. The average Bonchev–Trinajstić information content (AvgIpc) is 3.69. The summed E-state index contributed by atoms with van der Waals surface area (Å²) in [6.07, 6.45) is 7.67. The minimum atomic E-state index is -1.61. The molecular weight excluding hydrogens is 515 g/mol. The predicted octanol–water partition coefficient (Wildman–Crippen LogP) is 6.08. The fourth-order valence-corrected chi connectivity index (χ4v) is 4.69. The van der Waals surface area contributed by atoms with E-state index in [0.717, 1.165) is 18.5 Å². The van der Waals surface area contributed by atoms with Crippen molar-refractivity contribution in [2.45, 2.75) is 31.3 Å². The van der Waals surface area contributed by atoms with Crippen molar-refractivity contribution >= 4 is 33.9 Å². The van der Waals surface area contributed by atoms with Gasteiger partial charge in [-0.15, -0.1) is 5.10 Å². The maximum absolute atomic E-state index is 13.8. The molecule has 0 aliphatic heterocycles. The molecule has 0 radical (unpaired) electrons. The van der Waals surface area contributed by atoms with Crippen molar-refractivity contribution in [3.05, 3.63) is 107 Å². The first-order chi connectivity index (χ1) is 19.4. The van der Waals surface area contributed by atoms with Crippen LogP contribution < -0.4 is 10.6 Å². The molecule has 0 saturated heterocycles. The van der Waals surface area contributed by atoms with Crippen molar-refractivity contribution in [1.29, 1.82) is 5.26 Å². The smallest absolute Gasteiger partial charge is 0.123 e. The Morgan fingerprint density at radius 3 is 2.77 bits per heavy atom. The van der Waals surface area contributed by atoms with Crippen molar-refractivity contribution in [2.24, 2.45) is 0 Å². The number of anilines is 2. The Kier molecular flexibility index (Phi) is 6.45. The van der Waals surface area contributed by atoms with E-state index >= 15 is 0 Å². The molecule has 10 heteroatoms. The Balaban J connectivity index is 1.39. The van der Waals surface area contributed by atoms with Crippen LogP contribution in [-0.4, -0.2) is 31.5 Å². The maximum atomic E-state index is 13.8. The number of aromatic nitrogens is 5. The van der Waals surface area contributed by atoms with Gasteiger partial charge in [0, 0.05) is 42.1 Å². The molecule has 39 heavy (non-hydrogen) atoms. The molecular formula is C29H24ClFN8. The number of nitrogens with zero attached hydrogens (tertiary/aromatic N) is 6. The number of hydrogen-bond acceptors (Lipinski definition) is 7. The number of rotatable bonds is 9. The molecule has 6 rings (SSSR count). The first-order valence-electron chi connectivity index (χ1n) is 13.1. The minimum absolute atomic E-state index is 0.282. The lowest BCUT2D eigenvalue weighted by Crippen LogP contribution is -2.13. The Morgan fingerprint density at radius 1 is 1.18 bits per heavy atom. The van der Waals surface area contributed by atoms with Gasteiger partial charge in [-0.05, 0) is 54.8 Å². The van der Waals surface area contributed by atoms with Gasteiger partial charge < -0.3 is 10.6 Å². The second-order valence-electron chi connectivity index (χ2n) is 9.33. The Morgan fingerprint density at radius 2 is 2.03 bits per heavy atom. The number of fused-ring (bicyclic) bond motifs is 1. The van der Waals surface area contributed by atoms with Crippen molar-refractivity contribution < 1.29 is 5.76 Å². The van der Waals surface area contributed by atoms with Gasteiger partial charge >= 0.3 is 0 Å². The van der Waals surface area contributed by atoms with E-state index in [0.29, 0.717) is 57.1 Å². The second-order valence-corrected chi connectivity index (χ2v) is 9.74. The molecule has 3 heterocycles. The van der Waals surface area contributed by atoms with Gasteiger partial charge in [-0.25, -0.2) is 9.07 Å². The summed E-state index contributed by atoms with van der Waals surface area (Å²) in [6, 6.07) is 15.8. The van der Waals surface area contributed by atoms with Crippen LogP contribution in [0.3, 0.4) is 0 Å². The second kappa shape index (κ2) is 10.7. The standard InChI is InChI=1S/C29H24ClFN8/c30-25-14-22(36-28(18-4-6-20(31)7-5-18)26-17-39(38-37-26)23-8-9-23)13-24-27(19(15-32)16-35-29(24)25)34-12-10-21-3-1-2-11-33-21/h1-7,11,13-14,16-17,23,28,36H,8-10,12H2,(H,34,35)/t28-/m0/s1/i28D. The predicted molar refractivity (Wildman–Crippen MR) is 148 cm³/mol. The van der Waals surface area contributed by atoms with Crippen LogP contribution in [0.15, 0.2) is 73.2 Å². The van der Waals surface area contributed by atoms with Crippen LogP contribution in [0.5, 0.6) is 0 Å². The summed E-state index contributed by atoms with van der Waals surface area (Å²) < 4.78 is 25.1. The fourth-order valence-electron chi connectivity index (χ4n) is 4.42. The van der Waals surface area contributed by atoms with Gasteiger partial charge in [0.05, 0.1) is 41.4 Å². The molecule has 2 aromatic carbocycles. The third kappa shape index (κ3) is 5.38. The Bertz CT molecular complexity index is 1720. The number of halogens is 2. The quantitative estimate of drug-likeness (QED) is 0.234. The van der Waals surface area contributed by atoms with Crippen LogP contribution in [0.2, 0.25) is 5.02 Å². The molecule has 1 atom stereocenters. The first kappa shape index (κ1) is 23.6. The highest BCUT2D eigenvalue weighted by Gasteiger charge is 2.27. The van der Waals surface area contributed by atoms with Gasteiger partial charge in [0.1, 0.15) is 17.6 Å². The van der Waals surface area contributed by atoms with E-state index < -0.39 is 11.8 Å². The van der Waals surface area contributed by atoms with Gasteiger partial charge in [0.15, 0.2) is 0 Å². The highest BCUT2D eigenvalue weighted by Crippen LogP contribution is 2.37. The van der Waals surface area contributed by atoms with Crippen molar-refractivity contribution in [1.82, 2.24) is 25.0 Å². The molecule has 5 aromatic rings. The summed E-state index contributed by atoms with van der Waals surface area (Å²) in [4.78, 5) is 8.78. The van der Waals surface area contributed by atoms with E-state index in [2.05, 4.69) is 37.0 Å². The van der Waals surface area contributed by atoms with E-state index in [1.807, 2.05) is 18.2 Å². The van der Waals surface area contributed by atoms with Gasteiger partial charge in [0.2, 0.25) is 0 Å². The van der Waals surface area contributed by atoms with E-state index in [-0.39, 0.29) is 6.04 Å². The highest BCUT2D eigenvalue weighted by atomic mass is 35.5. The van der Waals surface area contributed by atoms with Gasteiger partial charge in [-0.3, -0.25) is 9.97 Å². The molecule has 1 aliphatic rings. The monoisotopic (exact) mass is 539 g/mol. The minimum Gasteiger partial charge on any atom is -0.383 e. The topological polar surface area (TPSA) is 104 Å². The van der Waals surface area contributed by atoms with Crippen LogP contribution in [0.1, 0.15) is 48.8 Å². The summed E-state index contributed by atoms with van der Waals surface area (Å²) in [7, 11) is 0. The lowest BCUT2D eigenvalue weighted by molar-refractivity contribution is 0.610. The van der Waals surface area contributed by atoms with Crippen molar-refractivity contribution in [3.8, 4) is 6.07 Å². The number of benzene rings is 2. The van der Waals surface area contributed by atoms with Crippen LogP contribution >= 0.6 is 11.6 Å². The van der Waals surface area contributed by atoms with E-state index in [1.54, 1.807) is 41.3 Å². The van der Waals surface area contributed by atoms with Crippen LogP contribution in [0, 0.1) is 17.1 Å². The van der Waals surface area contributed by atoms with Crippen molar-refractivity contribution in [3.63, 3.8) is 0 Å². The SMILES string of the molecule is [2H][C@](Nc1cc(Cl)c2ncc(C#N)c(NCCc3ccccn3)c2c1)(c1ccc(F)cc1)c1cn(C2CC2)nn1. The average molecular weight is 540 g/mol. The van der Waals surface area contributed by atoms with E-state index in [1.165, 1.54) is 18.3 Å². The summed E-state index contributed by atoms with van der Waals surface area (Å²) in [5.74, 6) is -0.405. The molecule has 0 spiro atoms. The zero-order valence-electron chi connectivity index (χ0n) is 21.8. The molecule has 0 bridgehead atoms. The first-order valence-corrected chi connectivity index (χ1v) is 12.9. The lowest BCUT2D eigenvalue weighted by atomic mass is 10.0. The Hall–Kier alpha value is -4.55. The molecule has 1 fully saturated rings. The summed E-state index contributed by atoms with van der Waals surface area (Å²) in [6.45, 7) is 0.530. The molecule has 194 valence electrons. The third-order valence-corrected chi connectivity index (χ3v) is 6.83. The fraction of sp³-hybridized carbons (Fsp3) is 0.207. The lowest BCUT2D eigenvalue weighted by Gasteiger charge is -2.20. The summed E-state index contributed by atoms with van der Waals surface area (Å²) in [5.41, 5.74) is 3.73. The molecule has 0 unspecified atom stereocenters.